The van der Waals surface area contributed by atoms with Crippen LogP contribution in [0.25, 0.3) is 11.3 Å². The summed E-state index contributed by atoms with van der Waals surface area (Å²) in [6.45, 7) is -0.201. The predicted molar refractivity (Wildman–Crippen MR) is 171 cm³/mol. The Morgan fingerprint density at radius 2 is 1.65 bits per heavy atom. The zero-order valence-corrected chi connectivity index (χ0v) is 24.5. The van der Waals surface area contributed by atoms with E-state index in [0.717, 1.165) is 22.1 Å². The van der Waals surface area contributed by atoms with Gasteiger partial charge in [-0.05, 0) is 72.8 Å². The summed E-state index contributed by atoms with van der Waals surface area (Å²) in [5.74, 6) is 0.451. The van der Waals surface area contributed by atoms with Crippen LogP contribution in [0.4, 0.5) is 16.5 Å². The molecule has 2 amide bonds. The van der Waals surface area contributed by atoms with Crippen LogP contribution in [0.2, 0.25) is 5.02 Å². The number of benzene rings is 4. The van der Waals surface area contributed by atoms with E-state index in [-0.39, 0.29) is 18.4 Å². The number of nitrogens with one attached hydrogen (secondary N) is 3. The normalized spacial score (nSPS) is 10.7. The Bertz CT molecular complexity index is 1720. The molecule has 4 aromatic carbocycles. The molecule has 1 aromatic heterocycles. The second kappa shape index (κ2) is 14.1. The molecule has 0 saturated carbocycles. The van der Waals surface area contributed by atoms with Crippen LogP contribution in [0.15, 0.2) is 108 Å². The van der Waals surface area contributed by atoms with Crippen molar-refractivity contribution in [3.63, 3.8) is 0 Å². The van der Waals surface area contributed by atoms with Gasteiger partial charge in [-0.2, -0.15) is 5.10 Å². The Morgan fingerprint density at radius 1 is 0.930 bits per heavy atom. The van der Waals surface area contributed by atoms with Gasteiger partial charge in [0.2, 0.25) is 0 Å². The number of hydrazone groups is 1. The molecular formula is C32H26ClN5O4S. The fraction of sp³-hybridized carbons (Fsp3) is 0.0625. The van der Waals surface area contributed by atoms with E-state index in [1.165, 1.54) is 17.6 Å². The molecule has 0 fully saturated rings. The predicted octanol–water partition coefficient (Wildman–Crippen LogP) is 7.00. The highest BCUT2D eigenvalue weighted by atomic mass is 35.5. The van der Waals surface area contributed by atoms with E-state index in [1.807, 2.05) is 41.8 Å². The van der Waals surface area contributed by atoms with E-state index in [2.05, 4.69) is 26.1 Å². The molecule has 0 bridgehead atoms. The topological polar surface area (TPSA) is 114 Å². The number of anilines is 3. The van der Waals surface area contributed by atoms with Crippen molar-refractivity contribution in [1.82, 2.24) is 10.4 Å². The van der Waals surface area contributed by atoms with Crippen molar-refractivity contribution in [2.45, 2.75) is 0 Å². The van der Waals surface area contributed by atoms with Crippen molar-refractivity contribution in [1.29, 1.82) is 0 Å². The zero-order valence-electron chi connectivity index (χ0n) is 22.9. The van der Waals surface area contributed by atoms with Crippen LogP contribution >= 0.6 is 22.9 Å². The van der Waals surface area contributed by atoms with Crippen LogP contribution < -0.4 is 25.5 Å². The van der Waals surface area contributed by atoms with Gasteiger partial charge in [0.25, 0.3) is 11.8 Å². The minimum atomic E-state index is -0.372. The van der Waals surface area contributed by atoms with E-state index in [0.29, 0.717) is 33.3 Å². The second-order valence-corrected chi connectivity index (χ2v) is 10.3. The minimum Gasteiger partial charge on any atom is -0.497 e. The first-order valence-electron chi connectivity index (χ1n) is 13.0. The Morgan fingerprint density at radius 3 is 2.40 bits per heavy atom. The number of rotatable bonds is 11. The number of thiazole rings is 1. The fourth-order valence-electron chi connectivity index (χ4n) is 3.87. The fourth-order valence-corrected chi connectivity index (χ4v) is 4.74. The van der Waals surface area contributed by atoms with E-state index in [9.17, 15) is 9.59 Å². The average molecular weight is 612 g/mol. The zero-order chi connectivity index (χ0) is 30.0. The van der Waals surface area contributed by atoms with Crippen LogP contribution in [0.5, 0.6) is 11.5 Å². The molecule has 0 unspecified atom stereocenters. The smallest absolute Gasteiger partial charge is 0.271 e. The molecule has 11 heteroatoms. The molecule has 5 rings (SSSR count). The molecule has 9 nitrogen and oxygen atoms in total. The summed E-state index contributed by atoms with van der Waals surface area (Å²) in [6, 6.07) is 28.5. The molecule has 216 valence electrons. The van der Waals surface area contributed by atoms with Gasteiger partial charge in [0.15, 0.2) is 11.7 Å². The van der Waals surface area contributed by atoms with Crippen molar-refractivity contribution in [3.8, 4) is 22.8 Å². The van der Waals surface area contributed by atoms with Crippen molar-refractivity contribution in [2.75, 3.05) is 24.4 Å². The lowest BCUT2D eigenvalue weighted by Crippen LogP contribution is -2.20. The van der Waals surface area contributed by atoms with Crippen LogP contribution in [-0.4, -0.2) is 36.7 Å². The Kier molecular flexibility index (Phi) is 9.63. The van der Waals surface area contributed by atoms with Crippen LogP contribution in [0.1, 0.15) is 15.9 Å². The third kappa shape index (κ3) is 8.19. The highest BCUT2D eigenvalue weighted by molar-refractivity contribution is 7.14. The number of amides is 2. The first-order chi connectivity index (χ1) is 21.0. The summed E-state index contributed by atoms with van der Waals surface area (Å²) in [5, 5.41) is 13.5. The maximum Gasteiger partial charge on any atom is 0.271 e. The van der Waals surface area contributed by atoms with Gasteiger partial charge in [-0.15, -0.1) is 11.3 Å². The number of nitrogens with zero attached hydrogens (tertiary/aromatic N) is 2. The molecule has 0 aliphatic rings. The number of hydrogen-bond acceptors (Lipinski definition) is 8. The van der Waals surface area contributed by atoms with E-state index in [1.54, 1.807) is 67.8 Å². The number of para-hydroxylation sites is 1. The maximum atomic E-state index is 12.7. The number of aromatic nitrogens is 1. The molecule has 43 heavy (non-hydrogen) atoms. The van der Waals surface area contributed by atoms with E-state index in [4.69, 9.17) is 21.1 Å². The van der Waals surface area contributed by atoms with Gasteiger partial charge in [0, 0.05) is 38.5 Å². The van der Waals surface area contributed by atoms with Gasteiger partial charge in [-0.25, -0.2) is 10.4 Å². The quantitative estimate of drug-likeness (QED) is 0.109. The lowest BCUT2D eigenvalue weighted by atomic mass is 10.1. The van der Waals surface area contributed by atoms with Crippen molar-refractivity contribution in [3.05, 3.63) is 119 Å². The molecule has 0 spiro atoms. The van der Waals surface area contributed by atoms with Crippen LogP contribution in [0, 0.1) is 0 Å². The summed E-state index contributed by atoms with van der Waals surface area (Å²) >= 11 is 7.43. The molecule has 0 aliphatic heterocycles. The van der Waals surface area contributed by atoms with Crippen LogP contribution in [-0.2, 0) is 4.79 Å². The number of hydrogen-bond donors (Lipinski definition) is 3. The maximum absolute atomic E-state index is 12.7. The lowest BCUT2D eigenvalue weighted by molar-refractivity contribution is -0.118. The van der Waals surface area contributed by atoms with Gasteiger partial charge < -0.3 is 20.1 Å². The van der Waals surface area contributed by atoms with Gasteiger partial charge in [-0.3, -0.25) is 9.59 Å². The monoisotopic (exact) mass is 611 g/mol. The highest BCUT2D eigenvalue weighted by Crippen LogP contribution is 2.28. The minimum absolute atomic E-state index is 0.201. The van der Waals surface area contributed by atoms with E-state index < -0.39 is 0 Å². The first kappa shape index (κ1) is 29.3. The standard InChI is InChI=1S/C32H26ClN5O4S/c1-41-27-16-14-25(15-17-27)35-30(39)19-42-29-5-3-2-4-23(29)18-34-38-31(40)22-8-6-21(7-9-22)28-20-43-32(37-28)36-26-12-10-24(33)11-13-26/h2-18,20H,19H2,1H3,(H,35,39)(H,36,37)(H,38,40)/b34-18-. The Balaban J connectivity index is 1.13. The van der Waals surface area contributed by atoms with Gasteiger partial charge in [0.1, 0.15) is 11.5 Å². The van der Waals surface area contributed by atoms with Crippen molar-refractivity contribution < 1.29 is 19.1 Å². The average Bonchev–Trinajstić information content (AvgIpc) is 3.50. The third-order valence-electron chi connectivity index (χ3n) is 6.06. The molecule has 3 N–H and O–H groups in total. The molecule has 0 atom stereocenters. The molecule has 5 aromatic rings. The second-order valence-electron chi connectivity index (χ2n) is 9.05. The lowest BCUT2D eigenvalue weighted by Gasteiger charge is -2.10. The molecule has 0 aliphatic carbocycles. The Labute approximate surface area is 257 Å². The number of carbonyl (C=O) groups excluding carboxylic acids is 2. The third-order valence-corrected chi connectivity index (χ3v) is 7.07. The summed E-state index contributed by atoms with van der Waals surface area (Å²) in [6.07, 6.45) is 1.47. The first-order valence-corrected chi connectivity index (χ1v) is 14.3. The van der Waals surface area contributed by atoms with Gasteiger partial charge in [0.05, 0.1) is 19.0 Å². The number of ether oxygens (including phenoxy) is 2. The van der Waals surface area contributed by atoms with Crippen molar-refractivity contribution in [2.24, 2.45) is 5.10 Å². The largest absolute Gasteiger partial charge is 0.497 e. The van der Waals surface area contributed by atoms with Crippen LogP contribution in [0.3, 0.4) is 0 Å². The molecule has 0 saturated heterocycles. The van der Waals surface area contributed by atoms with Gasteiger partial charge >= 0.3 is 0 Å². The molecule has 1 heterocycles. The Hall–Kier alpha value is -5.19. The SMILES string of the molecule is COc1ccc(NC(=O)COc2ccccc2/C=N\NC(=O)c2ccc(-c3csc(Nc4ccc(Cl)cc4)n3)cc2)cc1. The summed E-state index contributed by atoms with van der Waals surface area (Å²) in [7, 11) is 1.58. The molecule has 0 radical (unpaired) electrons. The van der Waals surface area contributed by atoms with Crippen molar-refractivity contribution >= 4 is 57.5 Å². The van der Waals surface area contributed by atoms with Gasteiger partial charge in [-0.1, -0.05) is 35.9 Å². The number of carbonyl (C=O) groups is 2. The summed E-state index contributed by atoms with van der Waals surface area (Å²) < 4.78 is 10.8. The summed E-state index contributed by atoms with van der Waals surface area (Å²) in [4.78, 5) is 29.6. The van der Waals surface area contributed by atoms with E-state index >= 15 is 0 Å². The number of halogens is 1. The molecular weight excluding hydrogens is 586 g/mol. The highest BCUT2D eigenvalue weighted by Gasteiger charge is 2.10. The summed E-state index contributed by atoms with van der Waals surface area (Å²) in [5.41, 5.74) is 6.76. The number of methoxy groups -OCH3 is 1.